The summed E-state index contributed by atoms with van der Waals surface area (Å²) in [4.78, 5) is 15.5. The molecule has 0 saturated heterocycles. The molecule has 0 bridgehead atoms. The molecule has 0 aromatic rings. The quantitative estimate of drug-likeness (QED) is 0.586. The van der Waals surface area contributed by atoms with E-state index in [-0.39, 0.29) is 5.97 Å². The van der Waals surface area contributed by atoms with Crippen molar-refractivity contribution in [2.75, 3.05) is 12.4 Å². The molecule has 1 rings (SSSR count). The highest BCUT2D eigenvalue weighted by atomic mass is 32.2. The summed E-state index contributed by atoms with van der Waals surface area (Å²) >= 11 is 1.45. The minimum atomic E-state index is -0.269. The van der Waals surface area contributed by atoms with Gasteiger partial charge in [0, 0.05) is 18.2 Å². The zero-order chi connectivity index (χ0) is 8.10. The Bertz CT molecular complexity index is 210. The molecule has 0 fully saturated rings. The lowest BCUT2D eigenvalue weighted by Crippen LogP contribution is -2.07. The molecule has 0 aliphatic carbocycles. The Balaban J connectivity index is 2.52. The number of rotatable bonds is 2. The molecular formula is C7H9NO2S. The third kappa shape index (κ3) is 2.38. The molecule has 0 saturated carbocycles. The summed E-state index contributed by atoms with van der Waals surface area (Å²) in [6.45, 7) is 2.20. The molecule has 0 unspecified atom stereocenters. The van der Waals surface area contributed by atoms with Gasteiger partial charge in [0.05, 0.1) is 6.61 Å². The smallest absolute Gasteiger partial charge is 0.346 e. The van der Waals surface area contributed by atoms with Crippen molar-refractivity contribution in [2.24, 2.45) is 4.99 Å². The van der Waals surface area contributed by atoms with E-state index in [4.69, 9.17) is 4.74 Å². The standard InChI is InChI=1S/C7H9NO2S/c1-2-10-7(9)6-5-8-3-4-11-6/h3,5H,2,4H2,1H3. The van der Waals surface area contributed by atoms with Crippen LogP contribution < -0.4 is 0 Å². The van der Waals surface area contributed by atoms with Crippen LogP contribution in [-0.4, -0.2) is 24.5 Å². The van der Waals surface area contributed by atoms with E-state index >= 15 is 0 Å². The number of aliphatic imine (C=N–C) groups is 1. The van der Waals surface area contributed by atoms with E-state index in [1.54, 1.807) is 13.1 Å². The van der Waals surface area contributed by atoms with E-state index in [0.717, 1.165) is 5.75 Å². The van der Waals surface area contributed by atoms with E-state index in [2.05, 4.69) is 4.99 Å². The molecule has 0 radical (unpaired) electrons. The average molecular weight is 171 g/mol. The van der Waals surface area contributed by atoms with Gasteiger partial charge < -0.3 is 4.74 Å². The van der Waals surface area contributed by atoms with Crippen molar-refractivity contribution in [2.45, 2.75) is 6.92 Å². The molecule has 0 aromatic heterocycles. The summed E-state index contributed by atoms with van der Waals surface area (Å²) in [5.41, 5.74) is 0. The number of ether oxygens (including phenoxy) is 1. The number of hydrogen-bond acceptors (Lipinski definition) is 4. The molecule has 60 valence electrons. The minimum Gasteiger partial charge on any atom is -0.462 e. The fraction of sp³-hybridized carbons (Fsp3) is 0.429. The van der Waals surface area contributed by atoms with Gasteiger partial charge in [-0.25, -0.2) is 4.79 Å². The SMILES string of the molecule is CCOC(=O)C1=CN=CCS1. The highest BCUT2D eigenvalue weighted by Gasteiger charge is 2.11. The maximum absolute atomic E-state index is 11.0. The fourth-order valence-corrected chi connectivity index (χ4v) is 1.29. The van der Waals surface area contributed by atoms with Crippen LogP contribution in [0.15, 0.2) is 16.1 Å². The summed E-state index contributed by atoms with van der Waals surface area (Å²) in [6, 6.07) is 0. The van der Waals surface area contributed by atoms with Gasteiger partial charge in [-0.05, 0) is 6.92 Å². The maximum Gasteiger partial charge on any atom is 0.346 e. The summed E-state index contributed by atoms with van der Waals surface area (Å²) < 4.78 is 4.78. The van der Waals surface area contributed by atoms with Gasteiger partial charge in [0.2, 0.25) is 0 Å². The first kappa shape index (κ1) is 8.33. The summed E-state index contributed by atoms with van der Waals surface area (Å²) in [5, 5.41) is 0. The van der Waals surface area contributed by atoms with Crippen molar-refractivity contribution < 1.29 is 9.53 Å². The zero-order valence-electron chi connectivity index (χ0n) is 6.24. The van der Waals surface area contributed by atoms with Gasteiger partial charge in [-0.2, -0.15) is 0 Å². The molecule has 1 aliphatic heterocycles. The normalized spacial score (nSPS) is 15.9. The third-order valence-electron chi connectivity index (χ3n) is 1.09. The number of carbonyl (C=O) groups is 1. The van der Waals surface area contributed by atoms with Crippen molar-refractivity contribution in [1.29, 1.82) is 0 Å². The Kier molecular flexibility index (Phi) is 3.16. The fourth-order valence-electron chi connectivity index (χ4n) is 0.642. The molecule has 0 spiro atoms. The van der Waals surface area contributed by atoms with E-state index in [1.807, 2.05) is 0 Å². The summed E-state index contributed by atoms with van der Waals surface area (Å²) in [5.74, 6) is 0.485. The lowest BCUT2D eigenvalue weighted by atomic mass is 10.6. The predicted octanol–water partition coefficient (Wildman–Crippen LogP) is 1.21. The topological polar surface area (TPSA) is 38.7 Å². The van der Waals surface area contributed by atoms with E-state index < -0.39 is 0 Å². The van der Waals surface area contributed by atoms with Gasteiger partial charge in [-0.15, -0.1) is 11.8 Å². The van der Waals surface area contributed by atoms with Gasteiger partial charge in [-0.3, -0.25) is 4.99 Å². The minimum absolute atomic E-state index is 0.269. The molecular weight excluding hydrogens is 162 g/mol. The van der Waals surface area contributed by atoms with Crippen LogP contribution in [0, 0.1) is 0 Å². The second-order valence-electron chi connectivity index (χ2n) is 1.86. The third-order valence-corrected chi connectivity index (χ3v) is 1.99. The van der Waals surface area contributed by atoms with Crippen LogP contribution in [0.1, 0.15) is 6.92 Å². The number of esters is 1. The Morgan fingerprint density at radius 2 is 2.73 bits per heavy atom. The van der Waals surface area contributed by atoms with E-state index in [0.29, 0.717) is 11.5 Å². The van der Waals surface area contributed by atoms with Crippen molar-refractivity contribution in [3.05, 3.63) is 11.1 Å². The second kappa shape index (κ2) is 4.18. The number of hydrogen-bond donors (Lipinski definition) is 0. The first-order valence-electron chi connectivity index (χ1n) is 3.36. The predicted molar refractivity (Wildman–Crippen MR) is 45.7 cm³/mol. The van der Waals surface area contributed by atoms with Crippen LogP contribution in [0.5, 0.6) is 0 Å². The molecule has 11 heavy (non-hydrogen) atoms. The van der Waals surface area contributed by atoms with Crippen molar-refractivity contribution in [3.63, 3.8) is 0 Å². The van der Waals surface area contributed by atoms with Crippen LogP contribution in [0.25, 0.3) is 0 Å². The van der Waals surface area contributed by atoms with Crippen molar-refractivity contribution >= 4 is 23.9 Å². The molecule has 3 nitrogen and oxygen atoms in total. The van der Waals surface area contributed by atoms with Gasteiger partial charge in [0.25, 0.3) is 0 Å². The zero-order valence-corrected chi connectivity index (χ0v) is 7.06. The van der Waals surface area contributed by atoms with E-state index in [9.17, 15) is 4.79 Å². The highest BCUT2D eigenvalue weighted by molar-refractivity contribution is 8.04. The van der Waals surface area contributed by atoms with Crippen LogP contribution in [0.4, 0.5) is 0 Å². The molecule has 4 heteroatoms. The Morgan fingerprint density at radius 3 is 3.27 bits per heavy atom. The highest BCUT2D eigenvalue weighted by Crippen LogP contribution is 2.18. The second-order valence-corrected chi connectivity index (χ2v) is 2.92. The van der Waals surface area contributed by atoms with Gasteiger partial charge in [-0.1, -0.05) is 0 Å². The molecule has 0 atom stereocenters. The lowest BCUT2D eigenvalue weighted by molar-refractivity contribution is -0.137. The monoisotopic (exact) mass is 171 g/mol. The van der Waals surface area contributed by atoms with Crippen LogP contribution in [0.2, 0.25) is 0 Å². The van der Waals surface area contributed by atoms with Gasteiger partial charge in [0.1, 0.15) is 4.91 Å². The van der Waals surface area contributed by atoms with Crippen LogP contribution >= 0.6 is 11.8 Å². The molecule has 1 aliphatic rings. The van der Waals surface area contributed by atoms with E-state index in [1.165, 1.54) is 18.0 Å². The van der Waals surface area contributed by atoms with Crippen molar-refractivity contribution in [1.82, 2.24) is 0 Å². The number of thioether (sulfide) groups is 1. The first-order valence-corrected chi connectivity index (χ1v) is 4.35. The lowest BCUT2D eigenvalue weighted by Gasteiger charge is -2.05. The van der Waals surface area contributed by atoms with Crippen molar-refractivity contribution in [3.8, 4) is 0 Å². The number of nitrogens with zero attached hydrogens (tertiary/aromatic N) is 1. The Hall–Kier alpha value is -0.770. The summed E-state index contributed by atoms with van der Waals surface area (Å²) in [7, 11) is 0. The van der Waals surface area contributed by atoms with Gasteiger partial charge in [0.15, 0.2) is 0 Å². The summed E-state index contributed by atoms with van der Waals surface area (Å²) in [6.07, 6.45) is 3.29. The van der Waals surface area contributed by atoms with Crippen LogP contribution in [0.3, 0.4) is 0 Å². The Labute approximate surface area is 69.5 Å². The largest absolute Gasteiger partial charge is 0.462 e. The molecule has 0 N–H and O–H groups in total. The average Bonchev–Trinajstić information content (AvgIpc) is 2.07. The first-order chi connectivity index (χ1) is 5.34. The molecule has 0 amide bonds. The van der Waals surface area contributed by atoms with Gasteiger partial charge >= 0.3 is 5.97 Å². The van der Waals surface area contributed by atoms with Crippen LogP contribution in [-0.2, 0) is 9.53 Å². The number of carbonyl (C=O) groups excluding carboxylic acids is 1. The maximum atomic E-state index is 11.0. The molecule has 0 aromatic carbocycles. The Morgan fingerprint density at radius 1 is 1.91 bits per heavy atom. The molecule has 1 heterocycles.